The summed E-state index contributed by atoms with van der Waals surface area (Å²) in [7, 11) is 3.08. The molecule has 0 fully saturated rings. The van der Waals surface area contributed by atoms with E-state index >= 15 is 0 Å². The second-order valence-corrected chi connectivity index (χ2v) is 3.34. The first kappa shape index (κ1) is 11.8. The fourth-order valence-electron chi connectivity index (χ4n) is 1.13. The number of hydrogen-bond acceptors (Lipinski definition) is 3. The van der Waals surface area contributed by atoms with Gasteiger partial charge in [-0.3, -0.25) is 4.79 Å². The molecule has 15 heavy (non-hydrogen) atoms. The van der Waals surface area contributed by atoms with Crippen LogP contribution < -0.4 is 9.64 Å². The van der Waals surface area contributed by atoms with Gasteiger partial charge in [-0.2, -0.15) is 0 Å². The number of halogens is 1. The Hall–Kier alpha value is -1.26. The van der Waals surface area contributed by atoms with Crippen LogP contribution in [-0.2, 0) is 4.79 Å². The molecule has 1 aromatic rings. The van der Waals surface area contributed by atoms with Crippen LogP contribution in [0.2, 0.25) is 5.02 Å². The highest BCUT2D eigenvalue weighted by atomic mass is 35.5. The average Bonchev–Trinajstić information content (AvgIpc) is 2.26. The number of likely N-dealkylation sites (N-methyl/N-ethyl adjacent to an activating group) is 1. The Morgan fingerprint density at radius 1 is 1.60 bits per heavy atom. The summed E-state index contributed by atoms with van der Waals surface area (Å²) < 4.78 is 4.98. The third-order valence-electron chi connectivity index (χ3n) is 2.03. The number of aliphatic hydroxyl groups is 1. The van der Waals surface area contributed by atoms with Crippen LogP contribution in [0.5, 0.6) is 5.75 Å². The number of carbonyl (C=O) groups is 1. The van der Waals surface area contributed by atoms with Crippen molar-refractivity contribution in [2.24, 2.45) is 0 Å². The number of anilines is 1. The van der Waals surface area contributed by atoms with Crippen LogP contribution in [-0.4, -0.2) is 31.8 Å². The molecule has 1 N–H and O–H groups in total. The molecule has 0 aromatic heterocycles. The summed E-state index contributed by atoms with van der Waals surface area (Å²) >= 11 is 5.95. The van der Waals surface area contributed by atoms with Gasteiger partial charge in [0.1, 0.15) is 12.4 Å². The van der Waals surface area contributed by atoms with Gasteiger partial charge in [0.15, 0.2) is 0 Å². The highest BCUT2D eigenvalue weighted by molar-refractivity contribution is 6.34. The largest absolute Gasteiger partial charge is 0.497 e. The summed E-state index contributed by atoms with van der Waals surface area (Å²) in [5.74, 6) is 0.204. The maximum Gasteiger partial charge on any atom is 0.252 e. The third-order valence-corrected chi connectivity index (χ3v) is 2.33. The topological polar surface area (TPSA) is 49.8 Å². The molecule has 82 valence electrons. The van der Waals surface area contributed by atoms with Crippen LogP contribution in [0.1, 0.15) is 0 Å². The van der Waals surface area contributed by atoms with E-state index in [4.69, 9.17) is 21.4 Å². The van der Waals surface area contributed by atoms with Crippen molar-refractivity contribution in [3.8, 4) is 5.75 Å². The van der Waals surface area contributed by atoms with E-state index in [1.165, 1.54) is 12.0 Å². The number of nitrogens with zero attached hydrogens (tertiary/aromatic N) is 1. The zero-order chi connectivity index (χ0) is 11.4. The van der Waals surface area contributed by atoms with Gasteiger partial charge >= 0.3 is 0 Å². The van der Waals surface area contributed by atoms with E-state index in [1.807, 2.05) is 0 Å². The molecule has 0 heterocycles. The summed E-state index contributed by atoms with van der Waals surface area (Å²) in [6.45, 7) is -0.543. The number of hydrogen-bond donors (Lipinski definition) is 1. The fraction of sp³-hybridized carbons (Fsp3) is 0.300. The van der Waals surface area contributed by atoms with E-state index in [2.05, 4.69) is 0 Å². The van der Waals surface area contributed by atoms with Gasteiger partial charge in [-0.1, -0.05) is 11.6 Å². The molecule has 0 saturated heterocycles. The van der Waals surface area contributed by atoms with Crippen LogP contribution >= 0.6 is 11.6 Å². The molecule has 1 rings (SSSR count). The second-order valence-electron chi connectivity index (χ2n) is 2.93. The molecular formula is C10H12ClNO3. The Morgan fingerprint density at radius 2 is 2.27 bits per heavy atom. The monoisotopic (exact) mass is 229 g/mol. The molecule has 0 aliphatic heterocycles. The van der Waals surface area contributed by atoms with Gasteiger partial charge in [-0.25, -0.2) is 0 Å². The van der Waals surface area contributed by atoms with Crippen LogP contribution in [0.3, 0.4) is 0 Å². The van der Waals surface area contributed by atoms with Crippen molar-refractivity contribution < 1.29 is 14.6 Å². The van der Waals surface area contributed by atoms with E-state index in [1.54, 1.807) is 25.2 Å². The van der Waals surface area contributed by atoms with Gasteiger partial charge in [-0.15, -0.1) is 0 Å². The molecular weight excluding hydrogens is 218 g/mol. The average molecular weight is 230 g/mol. The number of carbonyl (C=O) groups excluding carboxylic acids is 1. The first-order valence-electron chi connectivity index (χ1n) is 4.31. The van der Waals surface area contributed by atoms with E-state index in [0.717, 1.165) is 0 Å². The lowest BCUT2D eigenvalue weighted by Crippen LogP contribution is -2.29. The van der Waals surface area contributed by atoms with Crippen LogP contribution in [0.25, 0.3) is 0 Å². The standard InChI is InChI=1S/C10H12ClNO3/c1-12(10(14)6-13)9-4-3-7(15-2)5-8(9)11/h3-5,13H,6H2,1-2H3. The molecule has 4 nitrogen and oxygen atoms in total. The normalized spacial score (nSPS) is 9.87. The lowest BCUT2D eigenvalue weighted by Gasteiger charge is -2.17. The lowest BCUT2D eigenvalue weighted by molar-refractivity contribution is -0.120. The Kier molecular flexibility index (Phi) is 3.94. The molecule has 0 atom stereocenters. The fourth-order valence-corrected chi connectivity index (χ4v) is 1.42. The van der Waals surface area contributed by atoms with Crippen molar-refractivity contribution in [1.82, 2.24) is 0 Å². The summed E-state index contributed by atoms with van der Waals surface area (Å²) in [5.41, 5.74) is 0.538. The SMILES string of the molecule is COc1ccc(N(C)C(=O)CO)c(Cl)c1. The van der Waals surface area contributed by atoms with Crippen molar-refractivity contribution in [3.05, 3.63) is 23.2 Å². The second kappa shape index (κ2) is 5.00. The molecule has 0 spiro atoms. The maximum atomic E-state index is 11.2. The number of benzene rings is 1. The maximum absolute atomic E-state index is 11.2. The van der Waals surface area contributed by atoms with Gasteiger partial charge in [0, 0.05) is 13.1 Å². The van der Waals surface area contributed by atoms with Crippen LogP contribution in [0.15, 0.2) is 18.2 Å². The van der Waals surface area contributed by atoms with Crippen LogP contribution in [0.4, 0.5) is 5.69 Å². The predicted octanol–water partition coefficient (Wildman–Crippen LogP) is 1.30. The highest BCUT2D eigenvalue weighted by Gasteiger charge is 2.13. The Labute approximate surface area is 93.0 Å². The summed E-state index contributed by atoms with van der Waals surface area (Å²) in [5, 5.41) is 9.10. The molecule has 0 aliphatic rings. The van der Waals surface area contributed by atoms with Crippen molar-refractivity contribution in [1.29, 1.82) is 0 Å². The molecule has 5 heteroatoms. The highest BCUT2D eigenvalue weighted by Crippen LogP contribution is 2.28. The third kappa shape index (κ3) is 2.61. The minimum atomic E-state index is -0.543. The molecule has 1 aromatic carbocycles. The lowest BCUT2D eigenvalue weighted by atomic mass is 10.2. The van der Waals surface area contributed by atoms with Crippen molar-refractivity contribution in [2.45, 2.75) is 0 Å². The van der Waals surface area contributed by atoms with Crippen molar-refractivity contribution in [3.63, 3.8) is 0 Å². The predicted molar refractivity (Wildman–Crippen MR) is 58.5 cm³/mol. The molecule has 0 aliphatic carbocycles. The summed E-state index contributed by atoms with van der Waals surface area (Å²) in [4.78, 5) is 12.5. The van der Waals surface area contributed by atoms with Crippen molar-refractivity contribution >= 4 is 23.2 Å². The minimum absolute atomic E-state index is 0.402. The minimum Gasteiger partial charge on any atom is -0.497 e. The zero-order valence-corrected chi connectivity index (χ0v) is 9.28. The van der Waals surface area contributed by atoms with Crippen LogP contribution in [0, 0.1) is 0 Å². The van der Waals surface area contributed by atoms with Gasteiger partial charge in [0.25, 0.3) is 5.91 Å². The molecule has 0 unspecified atom stereocenters. The van der Waals surface area contributed by atoms with E-state index in [-0.39, 0.29) is 0 Å². The van der Waals surface area contributed by atoms with Crippen molar-refractivity contribution in [2.75, 3.05) is 25.7 Å². The van der Waals surface area contributed by atoms with E-state index < -0.39 is 12.5 Å². The summed E-state index contributed by atoms with van der Waals surface area (Å²) in [6.07, 6.45) is 0. The first-order chi connectivity index (χ1) is 7.10. The molecule has 1 amide bonds. The zero-order valence-electron chi connectivity index (χ0n) is 8.53. The number of methoxy groups -OCH3 is 1. The molecule has 0 radical (unpaired) electrons. The Bertz CT molecular complexity index is 368. The van der Waals surface area contributed by atoms with Gasteiger partial charge in [0.2, 0.25) is 0 Å². The van der Waals surface area contributed by atoms with Gasteiger partial charge in [-0.05, 0) is 12.1 Å². The first-order valence-corrected chi connectivity index (χ1v) is 4.69. The number of amides is 1. The molecule has 0 saturated carbocycles. The molecule has 0 bridgehead atoms. The Balaban J connectivity index is 3.00. The van der Waals surface area contributed by atoms with Gasteiger partial charge in [0.05, 0.1) is 17.8 Å². The smallest absolute Gasteiger partial charge is 0.252 e. The quantitative estimate of drug-likeness (QED) is 0.850. The number of rotatable bonds is 3. The van der Waals surface area contributed by atoms with E-state index in [9.17, 15) is 4.79 Å². The Morgan fingerprint density at radius 3 is 2.73 bits per heavy atom. The van der Waals surface area contributed by atoms with Gasteiger partial charge < -0.3 is 14.7 Å². The summed E-state index contributed by atoms with van der Waals surface area (Å²) in [6, 6.07) is 4.97. The number of aliphatic hydroxyl groups excluding tert-OH is 1. The van der Waals surface area contributed by atoms with E-state index in [0.29, 0.717) is 16.5 Å². The number of ether oxygens (including phenoxy) is 1.